The van der Waals surface area contributed by atoms with Crippen LogP contribution in [0.25, 0.3) is 5.65 Å². The van der Waals surface area contributed by atoms with Gasteiger partial charge in [-0.3, -0.25) is 4.40 Å². The molecule has 3 heterocycles. The Morgan fingerprint density at radius 1 is 1.15 bits per heavy atom. The Hall–Kier alpha value is -1.18. The van der Waals surface area contributed by atoms with Crippen molar-refractivity contribution >= 4 is 54.8 Å². The van der Waals surface area contributed by atoms with Crippen molar-refractivity contribution in [2.45, 2.75) is 6.54 Å². The lowest BCUT2D eigenvalue weighted by Crippen LogP contribution is -2.03. The molecule has 5 nitrogen and oxygen atoms in total. The van der Waals surface area contributed by atoms with Crippen LogP contribution in [-0.4, -0.2) is 19.4 Å². The van der Waals surface area contributed by atoms with Gasteiger partial charge in [-0.2, -0.15) is 0 Å². The molecule has 3 aromatic rings. The van der Waals surface area contributed by atoms with Gasteiger partial charge >= 0.3 is 0 Å². The molecule has 0 aliphatic carbocycles. The number of nitrogens with zero attached hydrogens (tertiary/aromatic N) is 4. The van der Waals surface area contributed by atoms with Crippen LogP contribution in [0.1, 0.15) is 5.69 Å². The number of nitrogens with one attached hydrogen (secondary N) is 1. The van der Waals surface area contributed by atoms with Gasteiger partial charge in [0.1, 0.15) is 9.76 Å². The predicted molar refractivity (Wildman–Crippen MR) is 85.0 cm³/mol. The molecule has 3 aromatic heterocycles. The molecule has 102 valence electrons. The van der Waals surface area contributed by atoms with E-state index in [1.54, 1.807) is 12.4 Å². The number of hydrogen-bond donors (Lipinski definition) is 1. The smallest absolute Gasteiger partial charge is 0.155 e. The van der Waals surface area contributed by atoms with Crippen molar-refractivity contribution in [2.75, 3.05) is 5.32 Å². The molecule has 0 fully saturated rings. The van der Waals surface area contributed by atoms with E-state index in [2.05, 4.69) is 52.1 Å². The first-order valence-electron chi connectivity index (χ1n) is 5.66. The number of imidazole rings is 1. The molecule has 0 radical (unpaired) electrons. The summed E-state index contributed by atoms with van der Waals surface area (Å²) in [5.41, 5.74) is 2.71. The molecule has 0 saturated carbocycles. The lowest BCUT2D eigenvalue weighted by molar-refractivity contribution is 0.981. The average molecular weight is 417 g/mol. The highest BCUT2D eigenvalue weighted by atomic mass is 79.9. The molecule has 0 unspecified atom stereocenters. The van der Waals surface area contributed by atoms with E-state index in [1.807, 2.05) is 22.9 Å². The van der Waals surface area contributed by atoms with E-state index in [0.29, 0.717) is 11.7 Å². The standard InChI is InChI=1S/C12H8Br2ClN5/c13-9-1-7(2-19-12(9)15)16-3-8-4-18-11-5-17-10(14)6-20(8)11/h1-2,4-6,16H,3H2. The zero-order chi connectivity index (χ0) is 14.1. The van der Waals surface area contributed by atoms with Crippen LogP contribution in [0.15, 0.2) is 39.9 Å². The summed E-state index contributed by atoms with van der Waals surface area (Å²) < 4.78 is 3.50. The monoisotopic (exact) mass is 415 g/mol. The molecule has 0 aromatic carbocycles. The molecule has 0 saturated heterocycles. The molecule has 0 atom stereocenters. The summed E-state index contributed by atoms with van der Waals surface area (Å²) in [6.07, 6.45) is 7.10. The molecule has 1 N–H and O–H groups in total. The Kier molecular flexibility index (Phi) is 3.91. The number of halogens is 3. The highest BCUT2D eigenvalue weighted by Gasteiger charge is 2.05. The maximum atomic E-state index is 5.86. The summed E-state index contributed by atoms with van der Waals surface area (Å²) in [5.74, 6) is 0. The number of aromatic nitrogens is 4. The lowest BCUT2D eigenvalue weighted by Gasteiger charge is -2.07. The van der Waals surface area contributed by atoms with Gasteiger partial charge in [0.2, 0.25) is 0 Å². The Bertz CT molecular complexity index is 774. The van der Waals surface area contributed by atoms with Crippen molar-refractivity contribution in [2.24, 2.45) is 0 Å². The Morgan fingerprint density at radius 2 is 2.00 bits per heavy atom. The zero-order valence-electron chi connectivity index (χ0n) is 10.0. The van der Waals surface area contributed by atoms with E-state index in [9.17, 15) is 0 Å². The third kappa shape index (κ3) is 2.79. The molecule has 3 rings (SSSR count). The molecule has 20 heavy (non-hydrogen) atoms. The molecule has 0 amide bonds. The summed E-state index contributed by atoms with van der Waals surface area (Å²) in [5, 5.41) is 3.72. The third-order valence-corrected chi connectivity index (χ3v) is 4.25. The van der Waals surface area contributed by atoms with Crippen molar-refractivity contribution < 1.29 is 0 Å². The molecule has 0 spiro atoms. The summed E-state index contributed by atoms with van der Waals surface area (Å²) >= 11 is 12.6. The quantitative estimate of drug-likeness (QED) is 0.657. The summed E-state index contributed by atoms with van der Waals surface area (Å²) in [6.45, 7) is 0.618. The van der Waals surface area contributed by atoms with E-state index >= 15 is 0 Å². The topological polar surface area (TPSA) is 55.1 Å². The van der Waals surface area contributed by atoms with Crippen molar-refractivity contribution in [3.63, 3.8) is 0 Å². The lowest BCUT2D eigenvalue weighted by atomic mass is 10.4. The Balaban J connectivity index is 1.83. The number of pyridine rings is 1. The maximum absolute atomic E-state index is 5.86. The molecule has 0 bridgehead atoms. The second-order valence-electron chi connectivity index (χ2n) is 4.04. The molecular formula is C12H8Br2ClN5. The van der Waals surface area contributed by atoms with Crippen LogP contribution < -0.4 is 5.32 Å². The normalized spacial score (nSPS) is 10.9. The largest absolute Gasteiger partial charge is 0.378 e. The van der Waals surface area contributed by atoms with E-state index in [1.165, 1.54) is 0 Å². The fourth-order valence-electron chi connectivity index (χ4n) is 1.76. The third-order valence-electron chi connectivity index (χ3n) is 2.71. The number of fused-ring (bicyclic) bond motifs is 1. The Morgan fingerprint density at radius 3 is 2.80 bits per heavy atom. The summed E-state index contributed by atoms with van der Waals surface area (Å²) in [7, 11) is 0. The number of rotatable bonds is 3. The average Bonchev–Trinajstić information content (AvgIpc) is 2.82. The van der Waals surface area contributed by atoms with Crippen LogP contribution in [0.3, 0.4) is 0 Å². The first-order chi connectivity index (χ1) is 9.63. The zero-order valence-corrected chi connectivity index (χ0v) is 13.9. The predicted octanol–water partition coefficient (Wildman–Crippen LogP) is 3.91. The van der Waals surface area contributed by atoms with Gasteiger partial charge in [0, 0.05) is 6.20 Å². The van der Waals surface area contributed by atoms with Crippen LogP contribution in [0.2, 0.25) is 5.15 Å². The van der Waals surface area contributed by atoms with E-state index in [0.717, 1.165) is 26.1 Å². The Labute approximate surface area is 136 Å². The van der Waals surface area contributed by atoms with Crippen LogP contribution in [0.5, 0.6) is 0 Å². The van der Waals surface area contributed by atoms with E-state index < -0.39 is 0 Å². The second kappa shape index (κ2) is 5.67. The molecular weight excluding hydrogens is 409 g/mol. The fourth-order valence-corrected chi connectivity index (χ4v) is 2.52. The van der Waals surface area contributed by atoms with Crippen LogP contribution in [0.4, 0.5) is 5.69 Å². The second-order valence-corrected chi connectivity index (χ2v) is 6.06. The fraction of sp³-hybridized carbons (Fsp3) is 0.0833. The van der Waals surface area contributed by atoms with Gasteiger partial charge in [0.05, 0.1) is 41.0 Å². The minimum atomic E-state index is 0.445. The van der Waals surface area contributed by atoms with Gasteiger partial charge in [-0.15, -0.1) is 0 Å². The first-order valence-corrected chi connectivity index (χ1v) is 7.62. The SMILES string of the molecule is Clc1ncc(NCc2cnc3cnc(Br)cn23)cc1Br. The van der Waals surface area contributed by atoms with E-state index in [-0.39, 0.29) is 0 Å². The van der Waals surface area contributed by atoms with Gasteiger partial charge in [0.25, 0.3) is 0 Å². The molecule has 0 aliphatic heterocycles. The van der Waals surface area contributed by atoms with Crippen LogP contribution in [0, 0.1) is 0 Å². The van der Waals surface area contributed by atoms with Crippen LogP contribution >= 0.6 is 43.5 Å². The van der Waals surface area contributed by atoms with E-state index in [4.69, 9.17) is 11.6 Å². The van der Waals surface area contributed by atoms with Gasteiger partial charge in [-0.1, -0.05) is 11.6 Å². The molecule has 8 heteroatoms. The van der Waals surface area contributed by atoms with Crippen LogP contribution in [-0.2, 0) is 6.54 Å². The van der Waals surface area contributed by atoms with Gasteiger partial charge in [0.15, 0.2) is 5.65 Å². The highest BCUT2D eigenvalue weighted by Crippen LogP contribution is 2.23. The van der Waals surface area contributed by atoms with Crippen molar-refractivity contribution in [3.8, 4) is 0 Å². The molecule has 0 aliphatic rings. The number of anilines is 1. The van der Waals surface area contributed by atoms with Gasteiger partial charge in [-0.05, 0) is 37.9 Å². The van der Waals surface area contributed by atoms with Crippen molar-refractivity contribution in [1.82, 2.24) is 19.4 Å². The summed E-state index contributed by atoms with van der Waals surface area (Å²) in [4.78, 5) is 12.5. The minimum Gasteiger partial charge on any atom is -0.378 e. The first kappa shape index (κ1) is 13.8. The van der Waals surface area contributed by atoms with Gasteiger partial charge < -0.3 is 5.32 Å². The minimum absolute atomic E-state index is 0.445. The maximum Gasteiger partial charge on any atom is 0.155 e. The van der Waals surface area contributed by atoms with Crippen molar-refractivity contribution in [1.29, 1.82) is 0 Å². The summed E-state index contributed by atoms with van der Waals surface area (Å²) in [6, 6.07) is 1.88. The highest BCUT2D eigenvalue weighted by molar-refractivity contribution is 9.10. The van der Waals surface area contributed by atoms with Gasteiger partial charge in [-0.25, -0.2) is 15.0 Å². The number of hydrogen-bond acceptors (Lipinski definition) is 4. The van der Waals surface area contributed by atoms with Crippen molar-refractivity contribution in [3.05, 3.63) is 50.8 Å².